The van der Waals surface area contributed by atoms with Gasteiger partial charge in [-0.05, 0) is 26.6 Å². The average Bonchev–Trinajstić information content (AvgIpc) is 3.32. The number of nitrogens with one attached hydrogen (secondary N) is 1. The summed E-state index contributed by atoms with van der Waals surface area (Å²) in [5.41, 5.74) is 0.947. The lowest BCUT2D eigenvalue weighted by Crippen LogP contribution is -2.26. The molecule has 0 radical (unpaired) electrons. The maximum atomic E-state index is 13.1. The molecule has 3 aromatic rings. The molecule has 0 fully saturated rings. The number of rotatable bonds is 9. The van der Waals surface area contributed by atoms with Gasteiger partial charge in [-0.25, -0.2) is 8.42 Å². The second-order valence-electron chi connectivity index (χ2n) is 7.32. The molecular weight excluding hydrogens is 418 g/mol. The number of aromatic nitrogens is 1. The molecule has 0 spiro atoms. The molecule has 0 saturated heterocycles. The lowest BCUT2D eigenvalue weighted by molar-refractivity contribution is 0.422. The number of likely N-dealkylation sites (N-methyl/N-ethyl adjacent to an activating group) is 1. The molecule has 0 bridgehead atoms. The van der Waals surface area contributed by atoms with Crippen LogP contribution in [0.2, 0.25) is 0 Å². The van der Waals surface area contributed by atoms with E-state index in [1.54, 1.807) is 6.92 Å². The SMILES string of the molecule is Cc1oc(-c2nc(C#N)c(NCCN(C)C)o2)cc1S(=O)(=O)N(C)Cc1ccccc1. The van der Waals surface area contributed by atoms with E-state index in [0.29, 0.717) is 6.54 Å². The first-order chi connectivity index (χ1) is 14.7. The van der Waals surface area contributed by atoms with Crippen LogP contribution >= 0.6 is 0 Å². The van der Waals surface area contributed by atoms with E-state index in [0.717, 1.165) is 12.1 Å². The van der Waals surface area contributed by atoms with Gasteiger partial charge in [0.15, 0.2) is 5.76 Å². The van der Waals surface area contributed by atoms with E-state index in [4.69, 9.17) is 8.83 Å². The summed E-state index contributed by atoms with van der Waals surface area (Å²) >= 11 is 0. The standard InChI is InChI=1S/C21H25N5O4S/c1-15-19(31(27,28)26(4)14-16-8-6-5-7-9-16)12-18(29-15)21-24-17(13-22)20(30-21)23-10-11-25(2)3/h5-9,12,23H,10-11,14H2,1-4H3. The first-order valence-electron chi connectivity index (χ1n) is 9.63. The van der Waals surface area contributed by atoms with Crippen molar-refractivity contribution in [2.75, 3.05) is 39.5 Å². The highest BCUT2D eigenvalue weighted by molar-refractivity contribution is 7.89. The summed E-state index contributed by atoms with van der Waals surface area (Å²) in [5.74, 6) is 0.619. The Balaban J connectivity index is 1.85. The Kier molecular flexibility index (Phi) is 6.80. The zero-order valence-corrected chi connectivity index (χ0v) is 18.7. The normalized spacial score (nSPS) is 11.8. The Bertz CT molecular complexity index is 1180. The van der Waals surface area contributed by atoms with E-state index in [9.17, 15) is 13.7 Å². The fourth-order valence-electron chi connectivity index (χ4n) is 2.93. The lowest BCUT2D eigenvalue weighted by Gasteiger charge is -2.16. The third-order valence-electron chi connectivity index (χ3n) is 4.60. The number of nitrogens with zero attached hydrogens (tertiary/aromatic N) is 4. The highest BCUT2D eigenvalue weighted by Crippen LogP contribution is 2.32. The number of nitriles is 1. The van der Waals surface area contributed by atoms with Crippen molar-refractivity contribution in [1.29, 1.82) is 5.26 Å². The predicted molar refractivity (Wildman–Crippen MR) is 116 cm³/mol. The van der Waals surface area contributed by atoms with Gasteiger partial charge < -0.3 is 19.1 Å². The van der Waals surface area contributed by atoms with Gasteiger partial charge in [-0.1, -0.05) is 30.3 Å². The summed E-state index contributed by atoms with van der Waals surface area (Å²) in [7, 11) is 1.57. The van der Waals surface area contributed by atoms with Crippen molar-refractivity contribution in [2.45, 2.75) is 18.4 Å². The molecule has 2 aromatic heterocycles. The molecule has 1 aromatic carbocycles. The summed E-state index contributed by atoms with van der Waals surface area (Å²) in [6, 6.07) is 12.7. The lowest BCUT2D eigenvalue weighted by atomic mass is 10.2. The molecule has 9 nitrogen and oxygen atoms in total. The summed E-state index contributed by atoms with van der Waals surface area (Å²) in [6.45, 7) is 3.08. The molecule has 10 heteroatoms. The van der Waals surface area contributed by atoms with Crippen LogP contribution in [0.25, 0.3) is 11.7 Å². The Morgan fingerprint density at radius 2 is 1.87 bits per heavy atom. The minimum atomic E-state index is -3.80. The van der Waals surface area contributed by atoms with Gasteiger partial charge in [0.2, 0.25) is 21.6 Å². The van der Waals surface area contributed by atoms with Gasteiger partial charge in [0.25, 0.3) is 5.89 Å². The number of benzene rings is 1. The largest absolute Gasteiger partial charge is 0.455 e. The van der Waals surface area contributed by atoms with Crippen LogP contribution in [0.3, 0.4) is 0 Å². The van der Waals surface area contributed by atoms with Crippen molar-refractivity contribution < 1.29 is 17.3 Å². The smallest absolute Gasteiger partial charge is 0.266 e. The number of hydrogen-bond acceptors (Lipinski definition) is 8. The van der Waals surface area contributed by atoms with Crippen molar-refractivity contribution in [3.8, 4) is 17.7 Å². The first kappa shape index (κ1) is 22.6. The third kappa shape index (κ3) is 5.14. The van der Waals surface area contributed by atoms with Crippen LogP contribution in [0.1, 0.15) is 17.0 Å². The van der Waals surface area contributed by atoms with Gasteiger partial charge in [-0.3, -0.25) is 0 Å². The summed E-state index contributed by atoms with van der Waals surface area (Å²) in [5, 5.41) is 12.4. The van der Waals surface area contributed by atoms with Crippen LogP contribution in [-0.2, 0) is 16.6 Å². The third-order valence-corrected chi connectivity index (χ3v) is 6.51. The number of hydrogen-bond donors (Lipinski definition) is 1. The van der Waals surface area contributed by atoms with E-state index in [2.05, 4.69) is 10.3 Å². The molecule has 0 saturated carbocycles. The molecule has 0 unspecified atom stereocenters. The summed E-state index contributed by atoms with van der Waals surface area (Å²) in [4.78, 5) is 6.15. The zero-order chi connectivity index (χ0) is 22.6. The minimum absolute atomic E-state index is 0.0276. The van der Waals surface area contributed by atoms with E-state index in [-0.39, 0.29) is 40.4 Å². The molecule has 0 aliphatic carbocycles. The van der Waals surface area contributed by atoms with E-state index < -0.39 is 10.0 Å². The minimum Gasteiger partial charge on any atom is -0.455 e. The molecular formula is C21H25N5O4S. The highest BCUT2D eigenvalue weighted by Gasteiger charge is 2.28. The number of sulfonamides is 1. The Morgan fingerprint density at radius 3 is 2.52 bits per heavy atom. The van der Waals surface area contributed by atoms with Gasteiger partial charge in [0.1, 0.15) is 16.7 Å². The molecule has 31 heavy (non-hydrogen) atoms. The van der Waals surface area contributed by atoms with Gasteiger partial charge in [0.05, 0.1) is 0 Å². The molecule has 2 heterocycles. The summed E-state index contributed by atoms with van der Waals surface area (Å²) in [6.07, 6.45) is 0. The van der Waals surface area contributed by atoms with E-state index in [1.165, 1.54) is 17.4 Å². The Hall–Kier alpha value is -3.13. The fourth-order valence-corrected chi connectivity index (χ4v) is 4.25. The van der Waals surface area contributed by atoms with Crippen LogP contribution in [-0.4, -0.2) is 56.8 Å². The van der Waals surface area contributed by atoms with E-state index >= 15 is 0 Å². The van der Waals surface area contributed by atoms with Crippen molar-refractivity contribution in [3.63, 3.8) is 0 Å². The number of oxazole rings is 1. The molecule has 1 N–H and O–H groups in total. The van der Waals surface area contributed by atoms with Crippen molar-refractivity contribution in [2.24, 2.45) is 0 Å². The van der Waals surface area contributed by atoms with Crippen LogP contribution in [0.4, 0.5) is 5.88 Å². The quantitative estimate of drug-likeness (QED) is 0.537. The fraction of sp³-hybridized carbons (Fsp3) is 0.333. The highest BCUT2D eigenvalue weighted by atomic mass is 32.2. The maximum absolute atomic E-state index is 13.1. The van der Waals surface area contributed by atoms with Crippen molar-refractivity contribution in [3.05, 3.63) is 53.4 Å². The van der Waals surface area contributed by atoms with Gasteiger partial charge >= 0.3 is 0 Å². The molecule has 0 aliphatic heterocycles. The monoisotopic (exact) mass is 443 g/mol. The van der Waals surface area contributed by atoms with Gasteiger partial charge in [-0.15, -0.1) is 0 Å². The van der Waals surface area contributed by atoms with Gasteiger partial charge in [-0.2, -0.15) is 14.6 Å². The average molecular weight is 444 g/mol. The molecule has 0 atom stereocenters. The van der Waals surface area contributed by atoms with Gasteiger partial charge in [0, 0.05) is 32.7 Å². The van der Waals surface area contributed by atoms with Crippen molar-refractivity contribution in [1.82, 2.24) is 14.2 Å². The number of furan rings is 1. The Labute approximate surface area is 181 Å². The van der Waals surface area contributed by atoms with Crippen LogP contribution in [0.5, 0.6) is 0 Å². The molecule has 164 valence electrons. The van der Waals surface area contributed by atoms with Crippen LogP contribution in [0, 0.1) is 18.3 Å². The Morgan fingerprint density at radius 1 is 1.16 bits per heavy atom. The first-order valence-corrected chi connectivity index (χ1v) is 11.1. The zero-order valence-electron chi connectivity index (χ0n) is 17.9. The van der Waals surface area contributed by atoms with E-state index in [1.807, 2.05) is 55.4 Å². The van der Waals surface area contributed by atoms with Crippen molar-refractivity contribution >= 4 is 15.9 Å². The maximum Gasteiger partial charge on any atom is 0.266 e. The second-order valence-corrected chi connectivity index (χ2v) is 9.33. The summed E-state index contributed by atoms with van der Waals surface area (Å²) < 4.78 is 38.7. The predicted octanol–water partition coefficient (Wildman–Crippen LogP) is 2.91. The molecule has 3 rings (SSSR count). The van der Waals surface area contributed by atoms with Crippen LogP contribution < -0.4 is 5.32 Å². The van der Waals surface area contributed by atoms with Crippen LogP contribution in [0.15, 0.2) is 50.1 Å². The number of aryl methyl sites for hydroxylation is 1. The molecule has 0 aliphatic rings. The number of anilines is 1. The second kappa shape index (κ2) is 9.34. The topological polar surface area (TPSA) is 116 Å². The molecule has 0 amide bonds.